The van der Waals surface area contributed by atoms with Gasteiger partial charge in [0.2, 0.25) is 0 Å². The van der Waals surface area contributed by atoms with Gasteiger partial charge in [0.1, 0.15) is 17.5 Å². The number of aryl methyl sites for hydroxylation is 1. The van der Waals surface area contributed by atoms with Gasteiger partial charge in [0.25, 0.3) is 0 Å². The lowest BCUT2D eigenvalue weighted by atomic mass is 10.0. The van der Waals surface area contributed by atoms with Crippen molar-refractivity contribution >= 4 is 17.3 Å². The first-order valence-corrected chi connectivity index (χ1v) is 9.06. The summed E-state index contributed by atoms with van der Waals surface area (Å²) in [5, 5.41) is 6.93. The summed E-state index contributed by atoms with van der Waals surface area (Å²) < 4.78 is 0. The molecule has 134 valence electrons. The Labute approximate surface area is 155 Å². The number of anilines is 3. The van der Waals surface area contributed by atoms with Gasteiger partial charge in [-0.25, -0.2) is 9.97 Å². The molecule has 1 aromatic heterocycles. The van der Waals surface area contributed by atoms with Gasteiger partial charge in [0.15, 0.2) is 0 Å². The maximum atomic E-state index is 4.55. The molecular weight excluding hydrogens is 320 g/mol. The van der Waals surface area contributed by atoms with Crippen LogP contribution in [0.25, 0.3) is 0 Å². The fraction of sp³-hybridized carbons (Fsp3) is 0.273. The molecule has 1 unspecified atom stereocenters. The average molecular weight is 346 g/mol. The van der Waals surface area contributed by atoms with E-state index in [9.17, 15) is 0 Å². The third-order valence-corrected chi connectivity index (χ3v) is 4.35. The number of nitrogens with one attached hydrogen (secondary N) is 2. The standard InChI is InChI=1S/C22H26N4/c1-15(2)19-12-8-9-13-20(19)26-22-14-21(24-17(4)25-22)23-16(3)18-10-6-5-7-11-18/h5-16H,1-4H3,(H2,23,24,25,26). The van der Waals surface area contributed by atoms with Crippen LogP contribution in [0.1, 0.15) is 49.7 Å². The monoisotopic (exact) mass is 346 g/mol. The van der Waals surface area contributed by atoms with Crippen molar-refractivity contribution in [3.8, 4) is 0 Å². The molecule has 0 saturated heterocycles. The molecule has 0 aliphatic rings. The van der Waals surface area contributed by atoms with E-state index >= 15 is 0 Å². The summed E-state index contributed by atoms with van der Waals surface area (Å²) in [5.74, 6) is 2.80. The molecule has 4 heteroatoms. The fourth-order valence-corrected chi connectivity index (χ4v) is 3.00. The summed E-state index contributed by atoms with van der Waals surface area (Å²) in [6.45, 7) is 8.44. The van der Waals surface area contributed by atoms with Gasteiger partial charge in [-0.05, 0) is 37.0 Å². The number of rotatable bonds is 6. The van der Waals surface area contributed by atoms with Crippen LogP contribution in [-0.4, -0.2) is 9.97 Å². The van der Waals surface area contributed by atoms with E-state index in [4.69, 9.17) is 0 Å². The van der Waals surface area contributed by atoms with Crippen molar-refractivity contribution in [2.45, 2.75) is 39.7 Å². The lowest BCUT2D eigenvalue weighted by Gasteiger charge is -2.17. The Morgan fingerprint density at radius 1 is 0.808 bits per heavy atom. The zero-order chi connectivity index (χ0) is 18.5. The molecule has 4 nitrogen and oxygen atoms in total. The molecule has 0 radical (unpaired) electrons. The zero-order valence-corrected chi connectivity index (χ0v) is 15.8. The third kappa shape index (κ3) is 4.39. The van der Waals surface area contributed by atoms with Crippen LogP contribution >= 0.6 is 0 Å². The normalized spacial score (nSPS) is 12.0. The number of nitrogens with zero attached hydrogens (tertiary/aromatic N) is 2. The molecule has 1 heterocycles. The van der Waals surface area contributed by atoms with Crippen molar-refractivity contribution in [1.82, 2.24) is 9.97 Å². The highest BCUT2D eigenvalue weighted by molar-refractivity contribution is 5.63. The lowest BCUT2D eigenvalue weighted by molar-refractivity contribution is 0.865. The van der Waals surface area contributed by atoms with E-state index in [1.165, 1.54) is 11.1 Å². The van der Waals surface area contributed by atoms with Crippen molar-refractivity contribution in [2.75, 3.05) is 10.6 Å². The van der Waals surface area contributed by atoms with E-state index < -0.39 is 0 Å². The Kier molecular flexibility index (Phi) is 5.52. The van der Waals surface area contributed by atoms with Gasteiger partial charge in [-0.2, -0.15) is 0 Å². The number of aromatic nitrogens is 2. The Morgan fingerprint density at radius 2 is 1.46 bits per heavy atom. The Hall–Kier alpha value is -2.88. The van der Waals surface area contributed by atoms with Crippen LogP contribution in [-0.2, 0) is 0 Å². The van der Waals surface area contributed by atoms with Gasteiger partial charge < -0.3 is 10.6 Å². The first-order chi connectivity index (χ1) is 12.5. The van der Waals surface area contributed by atoms with Gasteiger partial charge in [-0.15, -0.1) is 0 Å². The smallest absolute Gasteiger partial charge is 0.136 e. The maximum Gasteiger partial charge on any atom is 0.136 e. The summed E-state index contributed by atoms with van der Waals surface area (Å²) in [5.41, 5.74) is 3.59. The third-order valence-electron chi connectivity index (χ3n) is 4.35. The Bertz CT molecular complexity index is 859. The molecule has 3 aromatic rings. The summed E-state index contributed by atoms with van der Waals surface area (Å²) in [6.07, 6.45) is 0. The second-order valence-corrected chi connectivity index (χ2v) is 6.83. The molecule has 26 heavy (non-hydrogen) atoms. The molecule has 0 aliphatic heterocycles. The molecule has 0 spiro atoms. The van der Waals surface area contributed by atoms with E-state index in [-0.39, 0.29) is 6.04 Å². The minimum Gasteiger partial charge on any atom is -0.363 e. The lowest BCUT2D eigenvalue weighted by Crippen LogP contribution is -2.10. The average Bonchev–Trinajstić information content (AvgIpc) is 2.62. The second-order valence-electron chi connectivity index (χ2n) is 6.83. The van der Waals surface area contributed by atoms with Gasteiger partial charge in [0.05, 0.1) is 0 Å². The Balaban J connectivity index is 1.82. The molecule has 0 saturated carbocycles. The number of hydrogen-bond donors (Lipinski definition) is 2. The van der Waals surface area contributed by atoms with Gasteiger partial charge in [0, 0.05) is 17.8 Å². The topological polar surface area (TPSA) is 49.8 Å². The summed E-state index contributed by atoms with van der Waals surface area (Å²) in [6, 6.07) is 20.8. The van der Waals surface area contributed by atoms with Crippen molar-refractivity contribution in [3.05, 3.63) is 77.6 Å². The number of hydrogen-bond acceptors (Lipinski definition) is 4. The van der Waals surface area contributed by atoms with Crippen LogP contribution in [0.5, 0.6) is 0 Å². The highest BCUT2D eigenvalue weighted by Crippen LogP contribution is 2.27. The minimum absolute atomic E-state index is 0.168. The summed E-state index contributed by atoms with van der Waals surface area (Å²) in [7, 11) is 0. The van der Waals surface area contributed by atoms with Crippen LogP contribution in [0.3, 0.4) is 0 Å². The van der Waals surface area contributed by atoms with Crippen LogP contribution in [0.2, 0.25) is 0 Å². The molecule has 0 fully saturated rings. The van der Waals surface area contributed by atoms with Crippen LogP contribution in [0.4, 0.5) is 17.3 Å². The van der Waals surface area contributed by atoms with E-state index in [1.54, 1.807) is 0 Å². The zero-order valence-electron chi connectivity index (χ0n) is 15.8. The SMILES string of the molecule is Cc1nc(Nc2ccccc2C(C)C)cc(NC(C)c2ccccc2)n1. The van der Waals surface area contributed by atoms with Crippen molar-refractivity contribution in [3.63, 3.8) is 0 Å². The Morgan fingerprint density at radius 3 is 2.19 bits per heavy atom. The largest absolute Gasteiger partial charge is 0.363 e. The van der Waals surface area contributed by atoms with Gasteiger partial charge >= 0.3 is 0 Å². The highest BCUT2D eigenvalue weighted by Gasteiger charge is 2.10. The minimum atomic E-state index is 0.168. The highest BCUT2D eigenvalue weighted by atomic mass is 15.1. The summed E-state index contributed by atoms with van der Waals surface area (Å²) >= 11 is 0. The second kappa shape index (κ2) is 8.00. The predicted molar refractivity (Wildman–Crippen MR) is 109 cm³/mol. The molecule has 0 bridgehead atoms. The molecular formula is C22H26N4. The van der Waals surface area contributed by atoms with Crippen LogP contribution < -0.4 is 10.6 Å². The van der Waals surface area contributed by atoms with E-state index in [1.807, 2.05) is 25.1 Å². The summed E-state index contributed by atoms with van der Waals surface area (Å²) in [4.78, 5) is 9.08. The van der Waals surface area contributed by atoms with Crippen molar-refractivity contribution in [1.29, 1.82) is 0 Å². The van der Waals surface area contributed by atoms with Crippen LogP contribution in [0.15, 0.2) is 60.7 Å². The van der Waals surface area contributed by atoms with Crippen LogP contribution in [0, 0.1) is 6.92 Å². The fourth-order valence-electron chi connectivity index (χ4n) is 3.00. The maximum absolute atomic E-state index is 4.55. The quantitative estimate of drug-likeness (QED) is 0.590. The molecule has 2 N–H and O–H groups in total. The van der Waals surface area contributed by atoms with E-state index in [0.29, 0.717) is 5.92 Å². The molecule has 2 aromatic carbocycles. The van der Waals surface area contributed by atoms with E-state index in [2.05, 4.69) is 83.8 Å². The van der Waals surface area contributed by atoms with Crippen molar-refractivity contribution in [2.24, 2.45) is 0 Å². The molecule has 0 aliphatic carbocycles. The van der Waals surface area contributed by atoms with Gasteiger partial charge in [-0.1, -0.05) is 62.4 Å². The van der Waals surface area contributed by atoms with E-state index in [0.717, 1.165) is 23.1 Å². The van der Waals surface area contributed by atoms with Crippen molar-refractivity contribution < 1.29 is 0 Å². The van der Waals surface area contributed by atoms with Gasteiger partial charge in [-0.3, -0.25) is 0 Å². The molecule has 1 atom stereocenters. The first kappa shape index (κ1) is 17.9. The predicted octanol–water partition coefficient (Wildman–Crippen LogP) is 5.83. The number of para-hydroxylation sites is 1. The first-order valence-electron chi connectivity index (χ1n) is 9.06. The molecule has 3 rings (SSSR count). The molecule has 0 amide bonds. The number of benzene rings is 2.